The molecule has 2 atom stereocenters. The summed E-state index contributed by atoms with van der Waals surface area (Å²) in [5.74, 6) is -1.54. The standard InChI is InChI=1S/C18H18N4O5/c1-9-14(17-20-11(3)21-27-17)16(15(10(2)19-9)18(23)26-4)12-7-5-6-8-13(12)22(24)25/h5-8,15-16H,1-4H3. The van der Waals surface area contributed by atoms with Crippen molar-refractivity contribution >= 4 is 22.9 Å². The summed E-state index contributed by atoms with van der Waals surface area (Å²) in [5, 5.41) is 15.4. The number of carbonyl (C=O) groups is 1. The normalized spacial score (nSPS) is 19.6. The molecule has 0 aliphatic carbocycles. The summed E-state index contributed by atoms with van der Waals surface area (Å²) in [4.78, 5) is 32.4. The zero-order valence-electron chi connectivity index (χ0n) is 15.3. The van der Waals surface area contributed by atoms with Gasteiger partial charge >= 0.3 is 5.97 Å². The molecule has 0 fully saturated rings. The summed E-state index contributed by atoms with van der Waals surface area (Å²) < 4.78 is 10.3. The molecule has 0 radical (unpaired) electrons. The second-order valence-corrected chi connectivity index (χ2v) is 6.19. The predicted molar refractivity (Wildman–Crippen MR) is 96.1 cm³/mol. The number of carbonyl (C=O) groups excluding carboxylic acids is 1. The number of para-hydroxylation sites is 1. The Morgan fingerprint density at radius 1 is 1.26 bits per heavy atom. The van der Waals surface area contributed by atoms with Crippen LogP contribution in [0.1, 0.15) is 37.0 Å². The molecule has 9 nitrogen and oxygen atoms in total. The summed E-state index contributed by atoms with van der Waals surface area (Å²) in [6.07, 6.45) is 0. The lowest BCUT2D eigenvalue weighted by Crippen LogP contribution is -2.33. The first-order valence-corrected chi connectivity index (χ1v) is 8.23. The molecule has 0 spiro atoms. The lowest BCUT2D eigenvalue weighted by atomic mass is 9.75. The maximum Gasteiger partial charge on any atom is 0.315 e. The number of benzene rings is 1. The van der Waals surface area contributed by atoms with Crippen molar-refractivity contribution in [3.8, 4) is 0 Å². The highest BCUT2D eigenvalue weighted by Gasteiger charge is 2.43. The summed E-state index contributed by atoms with van der Waals surface area (Å²) >= 11 is 0. The second-order valence-electron chi connectivity index (χ2n) is 6.19. The van der Waals surface area contributed by atoms with Crippen molar-refractivity contribution in [3.63, 3.8) is 0 Å². The van der Waals surface area contributed by atoms with Gasteiger partial charge in [0.15, 0.2) is 5.82 Å². The van der Waals surface area contributed by atoms with Gasteiger partial charge in [0.25, 0.3) is 11.6 Å². The fourth-order valence-corrected chi connectivity index (χ4v) is 3.41. The van der Waals surface area contributed by atoms with Gasteiger partial charge in [0.2, 0.25) is 0 Å². The molecule has 2 unspecified atom stereocenters. The first kappa shape index (κ1) is 18.4. The van der Waals surface area contributed by atoms with E-state index in [2.05, 4.69) is 15.1 Å². The molecule has 0 amide bonds. The van der Waals surface area contributed by atoms with Gasteiger partial charge in [-0.1, -0.05) is 23.4 Å². The van der Waals surface area contributed by atoms with Crippen molar-refractivity contribution in [3.05, 3.63) is 57.4 Å². The third-order valence-corrected chi connectivity index (χ3v) is 4.51. The Bertz CT molecular complexity index is 976. The molecule has 2 heterocycles. The van der Waals surface area contributed by atoms with Crippen molar-refractivity contribution in [2.75, 3.05) is 7.11 Å². The largest absolute Gasteiger partial charge is 0.468 e. The van der Waals surface area contributed by atoms with Crippen LogP contribution in [0.25, 0.3) is 5.57 Å². The van der Waals surface area contributed by atoms with Gasteiger partial charge < -0.3 is 9.26 Å². The highest BCUT2D eigenvalue weighted by atomic mass is 16.6. The van der Waals surface area contributed by atoms with Crippen LogP contribution in [0, 0.1) is 23.0 Å². The zero-order valence-corrected chi connectivity index (χ0v) is 15.3. The number of ether oxygens (including phenoxy) is 1. The summed E-state index contributed by atoms with van der Waals surface area (Å²) in [6, 6.07) is 6.28. The van der Waals surface area contributed by atoms with Crippen LogP contribution in [-0.4, -0.2) is 33.9 Å². The molecular formula is C18H18N4O5. The van der Waals surface area contributed by atoms with Crippen molar-refractivity contribution in [1.82, 2.24) is 10.1 Å². The van der Waals surface area contributed by atoms with Crippen molar-refractivity contribution in [1.29, 1.82) is 0 Å². The van der Waals surface area contributed by atoms with Crippen molar-refractivity contribution in [2.24, 2.45) is 10.9 Å². The number of aryl methyl sites for hydroxylation is 1. The zero-order chi connectivity index (χ0) is 19.7. The fourth-order valence-electron chi connectivity index (χ4n) is 3.41. The van der Waals surface area contributed by atoms with E-state index in [0.29, 0.717) is 28.4 Å². The molecule has 27 heavy (non-hydrogen) atoms. The molecule has 0 saturated heterocycles. The molecule has 1 aliphatic rings. The molecule has 0 saturated carbocycles. The highest BCUT2D eigenvalue weighted by Crippen LogP contribution is 2.46. The molecule has 9 heteroatoms. The van der Waals surface area contributed by atoms with Gasteiger partial charge in [0, 0.05) is 34.5 Å². The molecule has 2 aromatic rings. The van der Waals surface area contributed by atoms with E-state index >= 15 is 0 Å². The Morgan fingerprint density at radius 3 is 2.56 bits per heavy atom. The topological polar surface area (TPSA) is 121 Å². The van der Waals surface area contributed by atoms with Gasteiger partial charge in [-0.15, -0.1) is 0 Å². The second kappa shape index (κ2) is 7.10. The number of rotatable bonds is 4. The monoisotopic (exact) mass is 370 g/mol. The molecule has 1 aromatic heterocycles. The van der Waals surface area contributed by atoms with Crippen LogP contribution in [0.2, 0.25) is 0 Å². The molecule has 1 aromatic carbocycles. The molecule has 140 valence electrons. The SMILES string of the molecule is COC(=O)C1C(C)=NC(C)=C(c2nc(C)no2)C1c1ccccc1[N+](=O)[O-]. The summed E-state index contributed by atoms with van der Waals surface area (Å²) in [5.41, 5.74) is 1.79. The molecule has 3 rings (SSSR count). The van der Waals surface area contributed by atoms with Crippen LogP contribution >= 0.6 is 0 Å². The van der Waals surface area contributed by atoms with E-state index in [9.17, 15) is 14.9 Å². The first-order chi connectivity index (χ1) is 12.8. The third-order valence-electron chi connectivity index (χ3n) is 4.51. The Morgan fingerprint density at radius 2 is 1.96 bits per heavy atom. The predicted octanol–water partition coefficient (Wildman–Crippen LogP) is 3.06. The number of esters is 1. The summed E-state index contributed by atoms with van der Waals surface area (Å²) in [6.45, 7) is 5.11. The third kappa shape index (κ3) is 3.23. The van der Waals surface area contributed by atoms with E-state index in [1.54, 1.807) is 39.0 Å². The van der Waals surface area contributed by atoms with Crippen molar-refractivity contribution in [2.45, 2.75) is 26.7 Å². The van der Waals surface area contributed by atoms with E-state index in [0.717, 1.165) is 0 Å². The number of nitrogens with zero attached hydrogens (tertiary/aromatic N) is 4. The van der Waals surface area contributed by atoms with E-state index in [1.165, 1.54) is 13.2 Å². The quantitative estimate of drug-likeness (QED) is 0.460. The van der Waals surface area contributed by atoms with E-state index in [1.807, 2.05) is 0 Å². The van der Waals surface area contributed by atoms with Crippen molar-refractivity contribution < 1.29 is 19.0 Å². The van der Waals surface area contributed by atoms with Gasteiger partial charge in [0.1, 0.15) is 5.92 Å². The number of aromatic nitrogens is 2. The minimum atomic E-state index is -0.845. The number of methoxy groups -OCH3 is 1. The van der Waals surface area contributed by atoms with Gasteiger partial charge in [0.05, 0.1) is 12.0 Å². The Kier molecular flexibility index (Phi) is 4.85. The van der Waals surface area contributed by atoms with E-state index in [-0.39, 0.29) is 11.6 Å². The fraction of sp³-hybridized carbons (Fsp3) is 0.333. The smallest absolute Gasteiger partial charge is 0.315 e. The Labute approximate surface area is 154 Å². The van der Waals surface area contributed by atoms with Gasteiger partial charge in [-0.05, 0) is 20.8 Å². The first-order valence-electron chi connectivity index (χ1n) is 8.23. The molecule has 0 N–H and O–H groups in total. The van der Waals surface area contributed by atoms with Crippen LogP contribution in [-0.2, 0) is 9.53 Å². The number of aliphatic imine (C=N–C) groups is 1. The Hall–Kier alpha value is -3.36. The molecule has 1 aliphatic heterocycles. The average Bonchev–Trinajstić information content (AvgIpc) is 3.06. The minimum Gasteiger partial charge on any atom is -0.468 e. The van der Waals surface area contributed by atoms with E-state index < -0.39 is 22.7 Å². The maximum atomic E-state index is 12.6. The molecule has 0 bridgehead atoms. The lowest BCUT2D eigenvalue weighted by molar-refractivity contribution is -0.385. The van der Waals surface area contributed by atoms with Crippen LogP contribution in [0.3, 0.4) is 0 Å². The van der Waals surface area contributed by atoms with E-state index in [4.69, 9.17) is 9.26 Å². The number of nitro benzene ring substituents is 1. The average molecular weight is 370 g/mol. The molecular weight excluding hydrogens is 352 g/mol. The number of nitro groups is 1. The Balaban J connectivity index is 2.31. The highest BCUT2D eigenvalue weighted by molar-refractivity contribution is 6.06. The number of allylic oxidation sites excluding steroid dienone is 2. The van der Waals surface area contributed by atoms with Crippen LogP contribution in [0.15, 0.2) is 39.5 Å². The number of hydrogen-bond acceptors (Lipinski definition) is 8. The van der Waals surface area contributed by atoms with Gasteiger partial charge in [-0.2, -0.15) is 4.98 Å². The maximum absolute atomic E-state index is 12.6. The van der Waals surface area contributed by atoms with Crippen LogP contribution in [0.4, 0.5) is 5.69 Å². The number of hydrogen-bond donors (Lipinski definition) is 0. The summed E-state index contributed by atoms with van der Waals surface area (Å²) in [7, 11) is 1.27. The van der Waals surface area contributed by atoms with Crippen LogP contribution in [0.5, 0.6) is 0 Å². The lowest BCUT2D eigenvalue weighted by Gasteiger charge is -2.30. The van der Waals surface area contributed by atoms with Crippen LogP contribution < -0.4 is 0 Å². The van der Waals surface area contributed by atoms with Gasteiger partial charge in [-0.3, -0.25) is 19.9 Å². The minimum absolute atomic E-state index is 0.104. The van der Waals surface area contributed by atoms with Gasteiger partial charge in [-0.25, -0.2) is 0 Å².